The van der Waals surface area contributed by atoms with E-state index < -0.39 is 17.6 Å². The van der Waals surface area contributed by atoms with E-state index in [2.05, 4.69) is 20.4 Å². The quantitative estimate of drug-likeness (QED) is 0.232. The molecule has 0 aliphatic heterocycles. The number of aryl methyl sites for hydroxylation is 2. The minimum atomic E-state index is -4.79. The van der Waals surface area contributed by atoms with Crippen molar-refractivity contribution in [3.8, 4) is 22.5 Å². The van der Waals surface area contributed by atoms with E-state index in [1.54, 1.807) is 38.2 Å². The second-order valence-corrected chi connectivity index (χ2v) is 8.09. The number of hydrogen-bond donors (Lipinski definition) is 1. The lowest BCUT2D eigenvalue weighted by molar-refractivity contribution is -0.143. The molecule has 0 fully saturated rings. The first-order valence-corrected chi connectivity index (χ1v) is 11.4. The lowest BCUT2D eigenvalue weighted by Crippen LogP contribution is -2.10. The summed E-state index contributed by atoms with van der Waals surface area (Å²) in [5.74, 6) is -1.12. The molecule has 0 saturated carbocycles. The smallest absolute Gasteiger partial charge is 0.417 e. The summed E-state index contributed by atoms with van der Waals surface area (Å²) in [5, 5.41) is 6.92. The van der Waals surface area contributed by atoms with E-state index in [-0.39, 0.29) is 48.0 Å². The zero-order chi connectivity index (χ0) is 26.6. The molecule has 2 aromatic carbocycles. The Morgan fingerprint density at radius 1 is 1.11 bits per heavy atom. The van der Waals surface area contributed by atoms with E-state index in [4.69, 9.17) is 4.74 Å². The van der Waals surface area contributed by atoms with Crippen LogP contribution < -0.4 is 5.32 Å². The molecule has 4 rings (SSSR count). The van der Waals surface area contributed by atoms with E-state index >= 15 is 0 Å². The molecule has 4 aromatic rings. The third kappa shape index (κ3) is 6.11. The highest BCUT2D eigenvalue weighted by atomic mass is 19.4. The molecule has 1 N–H and O–H groups in total. The van der Waals surface area contributed by atoms with Crippen LogP contribution in [-0.2, 0) is 29.2 Å². The van der Waals surface area contributed by atoms with E-state index in [1.807, 2.05) is 6.07 Å². The van der Waals surface area contributed by atoms with Crippen LogP contribution in [0.4, 0.5) is 28.9 Å². The number of esters is 1. The number of rotatable bonds is 8. The van der Waals surface area contributed by atoms with Crippen molar-refractivity contribution in [2.45, 2.75) is 25.9 Å². The molecule has 0 aliphatic carbocycles. The maximum absolute atomic E-state index is 15.0. The number of nitrogens with one attached hydrogen (secondary N) is 1. The van der Waals surface area contributed by atoms with Crippen molar-refractivity contribution in [1.82, 2.24) is 19.7 Å². The molecule has 0 amide bonds. The molecular formula is C26H23F4N5O2. The van der Waals surface area contributed by atoms with Crippen molar-refractivity contribution in [1.29, 1.82) is 0 Å². The summed E-state index contributed by atoms with van der Waals surface area (Å²) in [6.07, 6.45) is -1.58. The highest BCUT2D eigenvalue weighted by Gasteiger charge is 2.35. The van der Waals surface area contributed by atoms with Gasteiger partial charge in [-0.25, -0.2) is 14.4 Å². The summed E-state index contributed by atoms with van der Waals surface area (Å²) < 4.78 is 62.4. The second kappa shape index (κ2) is 10.8. The molecule has 0 aliphatic rings. The summed E-state index contributed by atoms with van der Waals surface area (Å²) in [5.41, 5.74) is -0.222. The number of carbonyl (C=O) groups excluding carboxylic acids is 1. The third-order valence-corrected chi connectivity index (χ3v) is 5.42. The number of nitrogens with zero attached hydrogens (tertiary/aromatic N) is 4. The summed E-state index contributed by atoms with van der Waals surface area (Å²) in [4.78, 5) is 20.6. The predicted molar refractivity (Wildman–Crippen MR) is 129 cm³/mol. The van der Waals surface area contributed by atoms with Gasteiger partial charge in [-0.2, -0.15) is 18.3 Å². The number of halogens is 4. The van der Waals surface area contributed by atoms with Gasteiger partial charge in [0.25, 0.3) is 0 Å². The van der Waals surface area contributed by atoms with Crippen LogP contribution in [0.25, 0.3) is 22.5 Å². The fraction of sp³-hybridized carbons (Fsp3) is 0.231. The number of benzene rings is 2. The maximum Gasteiger partial charge on any atom is 0.417 e. The number of carbonyl (C=O) groups is 1. The Morgan fingerprint density at radius 3 is 2.51 bits per heavy atom. The predicted octanol–water partition coefficient (Wildman–Crippen LogP) is 5.94. The van der Waals surface area contributed by atoms with Gasteiger partial charge in [0.2, 0.25) is 0 Å². The molecule has 0 bridgehead atoms. The molecule has 0 spiro atoms. The molecule has 7 nitrogen and oxygen atoms in total. The largest absolute Gasteiger partial charge is 0.466 e. The van der Waals surface area contributed by atoms with E-state index in [9.17, 15) is 22.4 Å². The van der Waals surface area contributed by atoms with Crippen molar-refractivity contribution in [3.05, 3.63) is 78.1 Å². The Kier molecular flexibility index (Phi) is 7.51. The fourth-order valence-electron chi connectivity index (χ4n) is 3.71. The fourth-order valence-corrected chi connectivity index (χ4v) is 3.71. The Hall–Kier alpha value is -4.28. The summed E-state index contributed by atoms with van der Waals surface area (Å²) in [6, 6.07) is 11.9. The molecule has 0 unspecified atom stereocenters. The molecule has 0 saturated heterocycles. The zero-order valence-corrected chi connectivity index (χ0v) is 20.0. The first-order valence-electron chi connectivity index (χ1n) is 11.4. The Morgan fingerprint density at radius 2 is 1.86 bits per heavy atom. The third-order valence-electron chi connectivity index (χ3n) is 5.42. The number of ether oxygens (including phenoxy) is 1. The van der Waals surface area contributed by atoms with Gasteiger partial charge < -0.3 is 10.1 Å². The van der Waals surface area contributed by atoms with Gasteiger partial charge in [0.05, 0.1) is 47.6 Å². The molecule has 2 heterocycles. The lowest BCUT2D eigenvalue weighted by atomic mass is 10.0. The summed E-state index contributed by atoms with van der Waals surface area (Å²) in [7, 11) is 1.58. The van der Waals surface area contributed by atoms with Crippen LogP contribution in [-0.4, -0.2) is 32.3 Å². The van der Waals surface area contributed by atoms with Crippen LogP contribution in [0.3, 0.4) is 0 Å². The zero-order valence-electron chi connectivity index (χ0n) is 20.0. The van der Waals surface area contributed by atoms with E-state index in [0.717, 1.165) is 6.07 Å². The SMILES string of the molecule is CCOC(=O)CCc1ncc(Nc2cc(-c3ccn(C)n3)c(C(F)(F)F)cc2F)c(-c2ccccc2)n1. The van der Waals surface area contributed by atoms with Gasteiger partial charge in [0, 0.05) is 30.8 Å². The normalized spacial score (nSPS) is 11.4. The number of aromatic nitrogens is 4. The minimum absolute atomic E-state index is 0.0479. The van der Waals surface area contributed by atoms with Gasteiger partial charge >= 0.3 is 12.1 Å². The van der Waals surface area contributed by atoms with Crippen LogP contribution in [0.15, 0.2) is 60.9 Å². The second-order valence-electron chi connectivity index (χ2n) is 8.09. The van der Waals surface area contributed by atoms with Crippen molar-refractivity contribution >= 4 is 17.3 Å². The Bertz CT molecular complexity index is 1400. The highest BCUT2D eigenvalue weighted by molar-refractivity contribution is 5.80. The van der Waals surface area contributed by atoms with Crippen LogP contribution in [0.2, 0.25) is 0 Å². The first-order chi connectivity index (χ1) is 17.7. The molecule has 11 heteroatoms. The van der Waals surface area contributed by atoms with E-state index in [0.29, 0.717) is 23.1 Å². The average Bonchev–Trinajstić information content (AvgIpc) is 3.30. The van der Waals surface area contributed by atoms with Crippen LogP contribution >= 0.6 is 0 Å². The van der Waals surface area contributed by atoms with Crippen LogP contribution in [0.1, 0.15) is 24.7 Å². The molecule has 0 atom stereocenters. The van der Waals surface area contributed by atoms with Gasteiger partial charge in [0.1, 0.15) is 11.6 Å². The Balaban J connectivity index is 1.75. The summed E-state index contributed by atoms with van der Waals surface area (Å²) >= 11 is 0. The highest BCUT2D eigenvalue weighted by Crippen LogP contribution is 2.40. The van der Waals surface area contributed by atoms with Gasteiger partial charge in [-0.15, -0.1) is 0 Å². The van der Waals surface area contributed by atoms with Gasteiger partial charge in [-0.05, 0) is 25.1 Å². The minimum Gasteiger partial charge on any atom is -0.466 e. The average molecular weight is 513 g/mol. The van der Waals surface area contributed by atoms with Crippen LogP contribution in [0.5, 0.6) is 0 Å². The van der Waals surface area contributed by atoms with Gasteiger partial charge in [-0.3, -0.25) is 9.48 Å². The monoisotopic (exact) mass is 513 g/mol. The number of anilines is 2. The van der Waals surface area contributed by atoms with Crippen LogP contribution in [0, 0.1) is 5.82 Å². The van der Waals surface area contributed by atoms with E-state index in [1.165, 1.54) is 23.1 Å². The van der Waals surface area contributed by atoms with Crippen molar-refractivity contribution in [2.75, 3.05) is 11.9 Å². The standard InChI is InChI=1S/C26H23F4N5O2/c1-3-37-24(36)10-9-23-31-15-22(25(33-23)16-7-5-4-6-8-16)32-21-13-17(20-11-12-35(2)34-20)18(14-19(21)27)26(28,29)30/h4-8,11-15,32H,3,9-10H2,1-2H3. The number of hydrogen-bond acceptors (Lipinski definition) is 6. The molecule has 192 valence electrons. The topological polar surface area (TPSA) is 81.9 Å². The molecule has 37 heavy (non-hydrogen) atoms. The lowest BCUT2D eigenvalue weighted by Gasteiger charge is -2.17. The molecule has 2 aromatic heterocycles. The molecule has 0 radical (unpaired) electrons. The van der Waals surface area contributed by atoms with Crippen molar-refractivity contribution < 1.29 is 27.1 Å². The Labute approximate surface area is 210 Å². The molecular weight excluding hydrogens is 490 g/mol. The first kappa shape index (κ1) is 25.8. The maximum atomic E-state index is 15.0. The summed E-state index contributed by atoms with van der Waals surface area (Å²) in [6.45, 7) is 1.97. The van der Waals surface area contributed by atoms with Gasteiger partial charge in [0.15, 0.2) is 0 Å². The van der Waals surface area contributed by atoms with Crippen molar-refractivity contribution in [3.63, 3.8) is 0 Å². The van der Waals surface area contributed by atoms with Crippen molar-refractivity contribution in [2.24, 2.45) is 7.05 Å². The number of alkyl halides is 3. The van der Waals surface area contributed by atoms with Gasteiger partial charge in [-0.1, -0.05) is 30.3 Å².